The van der Waals surface area contributed by atoms with Crippen LogP contribution in [0.5, 0.6) is 0 Å². The fraction of sp³-hybridized carbons (Fsp3) is 0. The second kappa shape index (κ2) is 4.82. The maximum absolute atomic E-state index is 11.1. The molecule has 20 heavy (non-hydrogen) atoms. The number of nitrogens with two attached hydrogens (primary N) is 1. The van der Waals surface area contributed by atoms with Crippen LogP contribution in [0.3, 0.4) is 0 Å². The molecule has 0 fully saturated rings. The Morgan fingerprint density at radius 1 is 1.00 bits per heavy atom. The number of hydrogen-bond donors (Lipinski definition) is 3. The van der Waals surface area contributed by atoms with Crippen molar-refractivity contribution in [2.75, 3.05) is 5.73 Å². The lowest BCUT2D eigenvalue weighted by Crippen LogP contribution is -2.05. The summed E-state index contributed by atoms with van der Waals surface area (Å²) < 4.78 is 0. The molecule has 0 radical (unpaired) electrons. The highest BCUT2D eigenvalue weighted by Crippen LogP contribution is 2.33. The Balaban J connectivity index is 2.16. The Morgan fingerprint density at radius 2 is 1.75 bits per heavy atom. The highest BCUT2D eigenvalue weighted by molar-refractivity contribution is 6.30. The van der Waals surface area contributed by atoms with Crippen molar-refractivity contribution in [2.45, 2.75) is 0 Å². The van der Waals surface area contributed by atoms with E-state index >= 15 is 0 Å². The third-order valence-electron chi connectivity index (χ3n) is 2.86. The second-order valence-corrected chi connectivity index (χ2v) is 4.61. The van der Waals surface area contributed by atoms with Gasteiger partial charge in [-0.05, 0) is 23.8 Å². The number of aromatic nitrogens is 4. The first-order valence-electron chi connectivity index (χ1n) is 5.81. The van der Waals surface area contributed by atoms with E-state index in [1.54, 1.807) is 18.2 Å². The van der Waals surface area contributed by atoms with Crippen molar-refractivity contribution >= 4 is 17.4 Å². The van der Waals surface area contributed by atoms with E-state index in [0.29, 0.717) is 22.2 Å². The number of halogens is 1. The first kappa shape index (κ1) is 12.4. The number of rotatable bonds is 2. The van der Waals surface area contributed by atoms with Crippen LogP contribution in [0.25, 0.3) is 22.5 Å². The summed E-state index contributed by atoms with van der Waals surface area (Å²) in [5.74, 6) is 0.357. The molecule has 2 aromatic heterocycles. The first-order valence-corrected chi connectivity index (χ1v) is 6.19. The van der Waals surface area contributed by atoms with Gasteiger partial charge in [0.05, 0.1) is 11.3 Å². The van der Waals surface area contributed by atoms with Crippen molar-refractivity contribution < 1.29 is 0 Å². The second-order valence-electron chi connectivity index (χ2n) is 4.17. The van der Waals surface area contributed by atoms with Crippen LogP contribution in [0.1, 0.15) is 0 Å². The number of benzene rings is 1. The summed E-state index contributed by atoms with van der Waals surface area (Å²) in [7, 11) is 0. The molecule has 0 aliphatic rings. The minimum absolute atomic E-state index is 0.269. The van der Waals surface area contributed by atoms with Crippen molar-refractivity contribution in [3.05, 3.63) is 51.8 Å². The van der Waals surface area contributed by atoms with Gasteiger partial charge in [-0.2, -0.15) is 10.2 Å². The zero-order valence-corrected chi connectivity index (χ0v) is 11.0. The van der Waals surface area contributed by atoms with E-state index in [1.807, 2.05) is 12.1 Å². The number of H-pyrrole nitrogens is 2. The molecule has 6 nitrogen and oxygen atoms in total. The molecule has 2 heterocycles. The van der Waals surface area contributed by atoms with Gasteiger partial charge in [0.25, 0.3) is 5.56 Å². The number of nitrogen functional groups attached to an aromatic ring is 1. The van der Waals surface area contributed by atoms with E-state index in [2.05, 4.69) is 20.4 Å². The SMILES string of the molecule is Nc1n[nH]c(-c2ccc(=O)[nH]n2)c1-c1ccc(Cl)cc1. The van der Waals surface area contributed by atoms with Gasteiger partial charge >= 0.3 is 0 Å². The maximum Gasteiger partial charge on any atom is 0.264 e. The van der Waals surface area contributed by atoms with Crippen LogP contribution >= 0.6 is 11.6 Å². The van der Waals surface area contributed by atoms with Gasteiger partial charge in [0, 0.05) is 11.1 Å². The highest BCUT2D eigenvalue weighted by Gasteiger charge is 2.15. The summed E-state index contributed by atoms with van der Waals surface area (Å²) >= 11 is 5.88. The Hall–Kier alpha value is -2.60. The maximum atomic E-state index is 11.1. The quantitative estimate of drug-likeness (QED) is 0.671. The van der Waals surface area contributed by atoms with Gasteiger partial charge in [-0.25, -0.2) is 5.10 Å². The van der Waals surface area contributed by atoms with Crippen molar-refractivity contribution in [1.29, 1.82) is 0 Å². The Kier molecular flexibility index (Phi) is 3.00. The van der Waals surface area contributed by atoms with Gasteiger partial charge in [-0.15, -0.1) is 0 Å². The smallest absolute Gasteiger partial charge is 0.264 e. The predicted molar refractivity (Wildman–Crippen MR) is 77.3 cm³/mol. The third-order valence-corrected chi connectivity index (χ3v) is 3.11. The van der Waals surface area contributed by atoms with Crippen molar-refractivity contribution in [1.82, 2.24) is 20.4 Å². The molecule has 0 unspecified atom stereocenters. The van der Waals surface area contributed by atoms with Crippen LogP contribution in [0, 0.1) is 0 Å². The summed E-state index contributed by atoms with van der Waals surface area (Å²) in [6.45, 7) is 0. The molecule has 0 aliphatic carbocycles. The molecule has 7 heteroatoms. The van der Waals surface area contributed by atoms with Crippen molar-refractivity contribution in [3.63, 3.8) is 0 Å². The van der Waals surface area contributed by atoms with Crippen molar-refractivity contribution in [3.8, 4) is 22.5 Å². The fourth-order valence-electron chi connectivity index (χ4n) is 1.93. The van der Waals surface area contributed by atoms with Crippen LogP contribution in [0.2, 0.25) is 5.02 Å². The predicted octanol–water partition coefficient (Wildman–Crippen LogP) is 2.06. The summed E-state index contributed by atoms with van der Waals surface area (Å²) in [5.41, 5.74) is 8.42. The molecular formula is C13H10ClN5O. The topological polar surface area (TPSA) is 100 Å². The molecule has 0 saturated carbocycles. The molecule has 0 amide bonds. The van der Waals surface area contributed by atoms with Crippen LogP contribution in [0.4, 0.5) is 5.82 Å². The lowest BCUT2D eigenvalue weighted by atomic mass is 10.0. The van der Waals surface area contributed by atoms with E-state index in [-0.39, 0.29) is 5.56 Å². The molecule has 0 spiro atoms. The lowest BCUT2D eigenvalue weighted by Gasteiger charge is -2.04. The number of hydrogen-bond acceptors (Lipinski definition) is 4. The standard InChI is InChI=1S/C13H10ClN5O/c14-8-3-1-7(2-4-8)11-12(18-19-13(11)15)9-5-6-10(20)17-16-9/h1-6H,(H,17,20)(H3,15,18,19). The largest absolute Gasteiger partial charge is 0.382 e. The fourth-order valence-corrected chi connectivity index (χ4v) is 2.06. The van der Waals surface area contributed by atoms with Crippen LogP contribution in [-0.4, -0.2) is 20.4 Å². The minimum atomic E-state index is -0.269. The first-order chi connectivity index (χ1) is 9.65. The van der Waals surface area contributed by atoms with Gasteiger partial charge < -0.3 is 5.73 Å². The molecule has 3 rings (SSSR count). The molecule has 4 N–H and O–H groups in total. The van der Waals surface area contributed by atoms with E-state index in [1.165, 1.54) is 6.07 Å². The lowest BCUT2D eigenvalue weighted by molar-refractivity contribution is 0.982. The van der Waals surface area contributed by atoms with E-state index in [0.717, 1.165) is 11.1 Å². The number of nitrogens with one attached hydrogen (secondary N) is 2. The zero-order chi connectivity index (χ0) is 14.1. The minimum Gasteiger partial charge on any atom is -0.382 e. The Morgan fingerprint density at radius 3 is 2.40 bits per heavy atom. The van der Waals surface area contributed by atoms with Crippen LogP contribution < -0.4 is 11.3 Å². The molecular weight excluding hydrogens is 278 g/mol. The number of aromatic amines is 2. The average Bonchev–Trinajstić information content (AvgIpc) is 2.83. The summed E-state index contributed by atoms with van der Waals surface area (Å²) in [4.78, 5) is 11.1. The highest BCUT2D eigenvalue weighted by atomic mass is 35.5. The van der Waals surface area contributed by atoms with Gasteiger partial charge in [-0.3, -0.25) is 9.89 Å². The van der Waals surface area contributed by atoms with E-state index in [4.69, 9.17) is 17.3 Å². The number of anilines is 1. The van der Waals surface area contributed by atoms with E-state index in [9.17, 15) is 4.79 Å². The third kappa shape index (κ3) is 2.17. The van der Waals surface area contributed by atoms with E-state index < -0.39 is 0 Å². The number of nitrogens with zero attached hydrogens (tertiary/aromatic N) is 2. The average molecular weight is 288 g/mol. The molecule has 0 aliphatic heterocycles. The van der Waals surface area contributed by atoms with Gasteiger partial charge in [0.1, 0.15) is 5.69 Å². The monoisotopic (exact) mass is 287 g/mol. The normalized spacial score (nSPS) is 10.7. The van der Waals surface area contributed by atoms with Gasteiger partial charge in [-0.1, -0.05) is 23.7 Å². The Bertz CT molecular complexity index is 786. The summed E-state index contributed by atoms with van der Waals surface area (Å²) in [6.07, 6.45) is 0. The zero-order valence-electron chi connectivity index (χ0n) is 10.2. The molecule has 0 bridgehead atoms. The summed E-state index contributed by atoms with van der Waals surface area (Å²) in [5, 5.41) is 13.8. The van der Waals surface area contributed by atoms with Crippen LogP contribution in [-0.2, 0) is 0 Å². The molecule has 100 valence electrons. The van der Waals surface area contributed by atoms with Crippen molar-refractivity contribution in [2.24, 2.45) is 0 Å². The Labute approximate surface area is 118 Å². The molecule has 0 saturated heterocycles. The molecule has 1 aromatic carbocycles. The van der Waals surface area contributed by atoms with Gasteiger partial charge in [0.2, 0.25) is 0 Å². The van der Waals surface area contributed by atoms with Gasteiger partial charge in [0.15, 0.2) is 5.82 Å². The molecule has 0 atom stereocenters. The summed E-state index contributed by atoms with van der Waals surface area (Å²) in [6, 6.07) is 10.2. The molecule has 3 aromatic rings. The van der Waals surface area contributed by atoms with Crippen LogP contribution in [0.15, 0.2) is 41.2 Å².